The van der Waals surface area contributed by atoms with Crippen LogP contribution in [0.15, 0.2) is 37.9 Å². The number of para-hydroxylation sites is 1. The lowest BCUT2D eigenvalue weighted by atomic mass is 10.1. The van der Waals surface area contributed by atoms with E-state index in [0.29, 0.717) is 30.9 Å². The SMILES string of the molecule is CC.Cc1oc(=O)oc1CN(C)CC(=O)NC(C=O)CNCCC1CCC(C(N)=O)N1C.c1ccc2c(c1)CCCO2. The number of aryl methyl sites for hydroxylation is 2. The molecule has 1 fully saturated rings. The van der Waals surface area contributed by atoms with Crippen molar-refractivity contribution in [3.8, 4) is 5.75 Å². The van der Waals surface area contributed by atoms with Crippen LogP contribution in [-0.2, 0) is 27.3 Å². The van der Waals surface area contributed by atoms with Crippen LogP contribution in [0.2, 0.25) is 0 Å². The lowest BCUT2D eigenvalue weighted by molar-refractivity contribution is -0.124. The summed E-state index contributed by atoms with van der Waals surface area (Å²) in [5, 5.41) is 5.84. The Bertz CT molecular complexity index is 1160. The average Bonchev–Trinajstić information content (AvgIpc) is 3.51. The number of amides is 2. The van der Waals surface area contributed by atoms with Gasteiger partial charge in [-0.3, -0.25) is 19.4 Å². The van der Waals surface area contributed by atoms with E-state index < -0.39 is 11.9 Å². The molecule has 1 saturated heterocycles. The van der Waals surface area contributed by atoms with Crippen LogP contribution in [0.1, 0.15) is 56.6 Å². The number of nitrogens with zero attached hydrogens (tertiary/aromatic N) is 2. The molecular weight excluding hydrogens is 542 g/mol. The number of hydrogen-bond donors (Lipinski definition) is 3. The van der Waals surface area contributed by atoms with Gasteiger partial charge in [-0.2, -0.15) is 0 Å². The van der Waals surface area contributed by atoms with Gasteiger partial charge in [0.05, 0.1) is 31.8 Å². The van der Waals surface area contributed by atoms with Gasteiger partial charge in [0.25, 0.3) is 0 Å². The van der Waals surface area contributed by atoms with Crippen LogP contribution in [-0.4, -0.2) is 86.4 Å². The number of nitrogens with one attached hydrogen (secondary N) is 2. The standard InChI is InChI=1S/C19H31N5O6.C9H10O.C2H6/c1-12-16(30-19(28)29-12)9-23(2)10-17(26)22-13(11-25)8-21-7-6-14-4-5-15(18(20)27)24(14)3;1-2-6-9-8(4-1)5-3-7-10-9;1-2/h11,13-15,21H,4-10H2,1-3H3,(H2,20,27)(H,22,26);1-2,4,6H,3,5,7H2;1-2H3. The van der Waals surface area contributed by atoms with Crippen LogP contribution in [0.25, 0.3) is 0 Å². The van der Waals surface area contributed by atoms with Crippen LogP contribution < -0.4 is 26.9 Å². The number of fused-ring (bicyclic) bond motifs is 1. The number of primary amides is 1. The van der Waals surface area contributed by atoms with Crippen molar-refractivity contribution in [2.24, 2.45) is 5.73 Å². The molecule has 0 aliphatic carbocycles. The van der Waals surface area contributed by atoms with E-state index in [4.69, 9.17) is 19.3 Å². The predicted molar refractivity (Wildman–Crippen MR) is 159 cm³/mol. The van der Waals surface area contributed by atoms with Gasteiger partial charge in [0.2, 0.25) is 11.8 Å². The minimum Gasteiger partial charge on any atom is -0.493 e. The minimum atomic E-state index is -0.776. The minimum absolute atomic E-state index is 0.0278. The number of likely N-dealkylation sites (N-methyl/N-ethyl adjacent to an activating group) is 2. The highest BCUT2D eigenvalue weighted by atomic mass is 16.6. The number of aldehydes is 1. The molecule has 1 aromatic heterocycles. The summed E-state index contributed by atoms with van der Waals surface area (Å²) in [4.78, 5) is 49.6. The van der Waals surface area contributed by atoms with Crippen LogP contribution in [0, 0.1) is 6.92 Å². The molecule has 12 nitrogen and oxygen atoms in total. The van der Waals surface area contributed by atoms with Crippen molar-refractivity contribution in [2.45, 2.75) is 77.5 Å². The molecule has 234 valence electrons. The number of hydrogen-bond acceptors (Lipinski definition) is 10. The zero-order valence-corrected chi connectivity index (χ0v) is 25.5. The molecule has 0 radical (unpaired) electrons. The van der Waals surface area contributed by atoms with E-state index in [9.17, 15) is 19.2 Å². The number of ether oxygens (including phenoxy) is 1. The molecule has 0 bridgehead atoms. The van der Waals surface area contributed by atoms with Crippen molar-refractivity contribution in [3.63, 3.8) is 0 Å². The molecule has 2 aliphatic rings. The van der Waals surface area contributed by atoms with Gasteiger partial charge in [-0.1, -0.05) is 32.0 Å². The van der Waals surface area contributed by atoms with Crippen LogP contribution in [0.5, 0.6) is 5.75 Å². The average molecular weight is 590 g/mol. The van der Waals surface area contributed by atoms with Crippen molar-refractivity contribution >= 4 is 18.1 Å². The molecule has 4 rings (SSSR count). The fourth-order valence-electron chi connectivity index (χ4n) is 4.98. The molecule has 3 unspecified atom stereocenters. The number of nitrogens with two attached hydrogens (primary N) is 1. The van der Waals surface area contributed by atoms with E-state index in [-0.39, 0.29) is 37.0 Å². The Kier molecular flexibility index (Phi) is 15.0. The summed E-state index contributed by atoms with van der Waals surface area (Å²) in [6, 6.07) is 7.65. The Hall–Kier alpha value is -3.48. The molecule has 0 saturated carbocycles. The van der Waals surface area contributed by atoms with E-state index in [1.165, 1.54) is 12.0 Å². The van der Waals surface area contributed by atoms with Crippen LogP contribution >= 0.6 is 0 Å². The highest BCUT2D eigenvalue weighted by molar-refractivity contribution is 5.81. The maximum absolute atomic E-state index is 12.2. The Morgan fingerprint density at radius 2 is 1.95 bits per heavy atom. The Morgan fingerprint density at radius 1 is 1.21 bits per heavy atom. The van der Waals surface area contributed by atoms with Gasteiger partial charge in [-0.25, -0.2) is 4.79 Å². The van der Waals surface area contributed by atoms with Crippen LogP contribution in [0.3, 0.4) is 0 Å². The highest BCUT2D eigenvalue weighted by Gasteiger charge is 2.33. The second-order valence-corrected chi connectivity index (χ2v) is 10.3. The monoisotopic (exact) mass is 589 g/mol. The molecule has 1 aromatic carbocycles. The van der Waals surface area contributed by atoms with Gasteiger partial charge < -0.3 is 34.7 Å². The lowest BCUT2D eigenvalue weighted by Gasteiger charge is -2.24. The smallest absolute Gasteiger partial charge is 0.493 e. The Labute approximate surface area is 247 Å². The Balaban J connectivity index is 0.000000423. The summed E-state index contributed by atoms with van der Waals surface area (Å²) in [5.74, 6) is 0.415. The second-order valence-electron chi connectivity index (χ2n) is 10.3. The quantitative estimate of drug-likeness (QED) is 0.245. The molecule has 0 spiro atoms. The van der Waals surface area contributed by atoms with E-state index in [0.717, 1.165) is 38.0 Å². The first-order valence-electron chi connectivity index (χ1n) is 14.6. The summed E-state index contributed by atoms with van der Waals surface area (Å²) in [5.41, 5.74) is 6.75. The van der Waals surface area contributed by atoms with E-state index >= 15 is 0 Å². The normalized spacial score (nSPS) is 18.4. The molecule has 3 heterocycles. The fraction of sp³-hybridized carbons (Fsp3) is 0.600. The van der Waals surface area contributed by atoms with Gasteiger partial charge in [0.15, 0.2) is 5.76 Å². The molecule has 12 heteroatoms. The molecule has 2 aliphatic heterocycles. The zero-order chi connectivity index (χ0) is 31.1. The third-order valence-electron chi connectivity index (χ3n) is 7.18. The number of carbonyl (C=O) groups excluding carboxylic acids is 3. The number of benzene rings is 1. The van der Waals surface area contributed by atoms with Crippen molar-refractivity contribution in [3.05, 3.63) is 52.0 Å². The van der Waals surface area contributed by atoms with Gasteiger partial charge in [-0.05, 0) is 71.3 Å². The fourth-order valence-corrected chi connectivity index (χ4v) is 4.98. The molecule has 3 atom stereocenters. The summed E-state index contributed by atoms with van der Waals surface area (Å²) in [6.07, 6.45) is 5.51. The number of likely N-dealkylation sites (tertiary alicyclic amines) is 1. The first kappa shape index (κ1) is 34.7. The Morgan fingerprint density at radius 3 is 2.57 bits per heavy atom. The lowest BCUT2D eigenvalue weighted by Crippen LogP contribution is -2.47. The maximum Gasteiger partial charge on any atom is 0.519 e. The first-order valence-corrected chi connectivity index (χ1v) is 14.6. The topological polar surface area (TPSA) is 160 Å². The summed E-state index contributed by atoms with van der Waals surface area (Å²) in [6.45, 7) is 7.72. The van der Waals surface area contributed by atoms with Gasteiger partial charge in [0.1, 0.15) is 17.8 Å². The zero-order valence-electron chi connectivity index (χ0n) is 25.5. The van der Waals surface area contributed by atoms with E-state index in [1.807, 2.05) is 37.9 Å². The molecular formula is C30H47N5O7. The molecule has 2 amide bonds. The van der Waals surface area contributed by atoms with E-state index in [2.05, 4.69) is 22.8 Å². The van der Waals surface area contributed by atoms with Crippen molar-refractivity contribution in [2.75, 3.05) is 40.3 Å². The first-order chi connectivity index (χ1) is 20.2. The van der Waals surface area contributed by atoms with Gasteiger partial charge in [-0.15, -0.1) is 0 Å². The second kappa shape index (κ2) is 18.1. The summed E-state index contributed by atoms with van der Waals surface area (Å²) >= 11 is 0. The van der Waals surface area contributed by atoms with Crippen molar-refractivity contribution < 1.29 is 28.0 Å². The van der Waals surface area contributed by atoms with Crippen LogP contribution in [0.4, 0.5) is 0 Å². The molecule has 42 heavy (non-hydrogen) atoms. The number of rotatable bonds is 12. The molecule has 2 aromatic rings. The van der Waals surface area contributed by atoms with Gasteiger partial charge in [0, 0.05) is 12.6 Å². The third kappa shape index (κ3) is 11.1. The van der Waals surface area contributed by atoms with Gasteiger partial charge >= 0.3 is 5.82 Å². The van der Waals surface area contributed by atoms with Crippen molar-refractivity contribution in [1.82, 2.24) is 20.4 Å². The molecule has 4 N–H and O–H groups in total. The predicted octanol–water partition coefficient (Wildman–Crippen LogP) is 1.62. The van der Waals surface area contributed by atoms with E-state index in [1.54, 1.807) is 18.9 Å². The summed E-state index contributed by atoms with van der Waals surface area (Å²) in [7, 11) is 3.59. The third-order valence-corrected chi connectivity index (χ3v) is 7.18. The maximum atomic E-state index is 12.2. The largest absolute Gasteiger partial charge is 0.519 e. The number of carbonyl (C=O) groups is 3. The highest BCUT2D eigenvalue weighted by Crippen LogP contribution is 2.24. The van der Waals surface area contributed by atoms with Crippen molar-refractivity contribution in [1.29, 1.82) is 0 Å². The summed E-state index contributed by atoms with van der Waals surface area (Å²) < 4.78 is 15.1.